The van der Waals surface area contributed by atoms with E-state index in [4.69, 9.17) is 4.74 Å². The van der Waals surface area contributed by atoms with Gasteiger partial charge in [0, 0.05) is 28.8 Å². The molecule has 138 valence electrons. The highest BCUT2D eigenvalue weighted by molar-refractivity contribution is 5.97. The molecule has 2 aromatic heterocycles. The molecule has 0 fully saturated rings. The van der Waals surface area contributed by atoms with Crippen molar-refractivity contribution in [2.24, 2.45) is 0 Å². The van der Waals surface area contributed by atoms with Crippen LogP contribution in [-0.2, 0) is 0 Å². The lowest BCUT2D eigenvalue weighted by molar-refractivity contribution is 0.0696. The number of methoxy groups -OCH3 is 1. The zero-order valence-electron chi connectivity index (χ0n) is 15.4. The van der Waals surface area contributed by atoms with Crippen LogP contribution in [-0.4, -0.2) is 33.1 Å². The van der Waals surface area contributed by atoms with E-state index < -0.39 is 5.97 Å². The molecule has 6 heteroatoms. The molecule has 2 heterocycles. The highest BCUT2D eigenvalue weighted by Crippen LogP contribution is 2.31. The van der Waals surface area contributed by atoms with Crippen molar-refractivity contribution in [3.8, 4) is 28.3 Å². The van der Waals surface area contributed by atoms with Crippen LogP contribution in [0.1, 0.15) is 15.9 Å². The Hall–Kier alpha value is -3.80. The number of carboxylic acids is 1. The summed E-state index contributed by atoms with van der Waals surface area (Å²) in [5.41, 5.74) is 5.08. The lowest BCUT2D eigenvalue weighted by atomic mass is 9.98. The third-order valence-corrected chi connectivity index (χ3v) is 4.66. The topological polar surface area (TPSA) is 85.2 Å². The predicted molar refractivity (Wildman–Crippen MR) is 106 cm³/mol. The van der Waals surface area contributed by atoms with E-state index in [1.165, 1.54) is 6.33 Å². The second kappa shape index (κ2) is 7.08. The summed E-state index contributed by atoms with van der Waals surface area (Å²) in [4.78, 5) is 24.5. The largest absolute Gasteiger partial charge is 0.481 e. The van der Waals surface area contributed by atoms with E-state index in [1.807, 2.05) is 30.3 Å². The van der Waals surface area contributed by atoms with Gasteiger partial charge in [0.1, 0.15) is 6.33 Å². The van der Waals surface area contributed by atoms with Gasteiger partial charge in [-0.2, -0.15) is 0 Å². The summed E-state index contributed by atoms with van der Waals surface area (Å²) in [6.07, 6.45) is 3.24. The molecule has 0 amide bonds. The number of carbonyl (C=O) groups is 1. The van der Waals surface area contributed by atoms with Crippen LogP contribution in [0.2, 0.25) is 0 Å². The minimum Gasteiger partial charge on any atom is -0.481 e. The van der Waals surface area contributed by atoms with Gasteiger partial charge in [0.2, 0.25) is 5.88 Å². The Morgan fingerprint density at radius 2 is 1.71 bits per heavy atom. The molecule has 4 aromatic rings. The van der Waals surface area contributed by atoms with Gasteiger partial charge in [-0.3, -0.25) is 0 Å². The van der Waals surface area contributed by atoms with Crippen LogP contribution < -0.4 is 4.74 Å². The number of rotatable bonds is 4. The third-order valence-electron chi connectivity index (χ3n) is 4.66. The highest BCUT2D eigenvalue weighted by atomic mass is 16.5. The van der Waals surface area contributed by atoms with Crippen LogP contribution in [0.25, 0.3) is 33.3 Å². The number of aromatic carboxylic acids is 1. The van der Waals surface area contributed by atoms with Crippen molar-refractivity contribution in [2.75, 3.05) is 7.11 Å². The first-order valence-corrected chi connectivity index (χ1v) is 8.66. The Bertz CT molecular complexity index is 1190. The Morgan fingerprint density at radius 3 is 2.43 bits per heavy atom. The molecule has 0 aliphatic carbocycles. The van der Waals surface area contributed by atoms with Gasteiger partial charge in [-0.05, 0) is 42.3 Å². The van der Waals surface area contributed by atoms with E-state index >= 15 is 0 Å². The summed E-state index contributed by atoms with van der Waals surface area (Å²) >= 11 is 0. The molecule has 0 aliphatic heterocycles. The Kier molecular flexibility index (Phi) is 4.45. The Morgan fingerprint density at radius 1 is 0.929 bits per heavy atom. The number of ether oxygens (including phenoxy) is 1. The number of fused-ring (bicyclic) bond motifs is 1. The second-order valence-corrected chi connectivity index (χ2v) is 6.38. The van der Waals surface area contributed by atoms with E-state index in [2.05, 4.69) is 15.0 Å². The summed E-state index contributed by atoms with van der Waals surface area (Å²) in [5, 5.41) is 10.3. The molecule has 0 aliphatic rings. The van der Waals surface area contributed by atoms with E-state index in [-0.39, 0.29) is 5.56 Å². The standard InChI is InChI=1S/C22H17N3O3/c1-13-3-4-15(10-17(13)22(26)27)21-18-9-14(5-7-19(18)24-12-25-21)16-6-8-20(28-2)23-11-16/h3-12H,1-2H3,(H,26,27). The number of nitrogens with zero attached hydrogens (tertiary/aromatic N) is 3. The van der Waals surface area contributed by atoms with Crippen molar-refractivity contribution in [1.82, 2.24) is 15.0 Å². The van der Waals surface area contributed by atoms with Crippen molar-refractivity contribution in [3.05, 3.63) is 72.2 Å². The lowest BCUT2D eigenvalue weighted by Gasteiger charge is -2.10. The molecular formula is C22H17N3O3. The fraction of sp³-hybridized carbons (Fsp3) is 0.0909. The smallest absolute Gasteiger partial charge is 0.335 e. The number of hydrogen-bond acceptors (Lipinski definition) is 5. The molecule has 28 heavy (non-hydrogen) atoms. The molecule has 0 saturated carbocycles. The Labute approximate surface area is 161 Å². The van der Waals surface area contributed by atoms with Crippen molar-refractivity contribution in [2.45, 2.75) is 6.92 Å². The van der Waals surface area contributed by atoms with Crippen LogP contribution in [0.5, 0.6) is 5.88 Å². The molecule has 4 rings (SSSR count). The van der Waals surface area contributed by atoms with Crippen molar-refractivity contribution < 1.29 is 14.6 Å². The minimum absolute atomic E-state index is 0.264. The van der Waals surface area contributed by atoms with Crippen LogP contribution in [0.3, 0.4) is 0 Å². The number of pyridine rings is 1. The first-order chi connectivity index (χ1) is 13.6. The fourth-order valence-corrected chi connectivity index (χ4v) is 3.14. The third kappa shape index (κ3) is 3.16. The molecule has 0 bridgehead atoms. The monoisotopic (exact) mass is 371 g/mol. The number of aromatic nitrogens is 3. The normalized spacial score (nSPS) is 10.8. The van der Waals surface area contributed by atoms with Crippen LogP contribution >= 0.6 is 0 Å². The maximum Gasteiger partial charge on any atom is 0.335 e. The number of carboxylic acid groups (broad SMARTS) is 1. The van der Waals surface area contributed by atoms with Gasteiger partial charge in [-0.25, -0.2) is 19.7 Å². The van der Waals surface area contributed by atoms with Crippen molar-refractivity contribution in [1.29, 1.82) is 0 Å². The van der Waals surface area contributed by atoms with Crippen LogP contribution in [0.4, 0.5) is 0 Å². The summed E-state index contributed by atoms with van der Waals surface area (Å²) in [6.45, 7) is 1.78. The van der Waals surface area contributed by atoms with E-state index in [0.29, 0.717) is 17.1 Å². The van der Waals surface area contributed by atoms with Crippen LogP contribution in [0, 0.1) is 6.92 Å². The number of benzene rings is 2. The number of hydrogen-bond donors (Lipinski definition) is 1. The van der Waals surface area contributed by atoms with Gasteiger partial charge in [-0.1, -0.05) is 18.2 Å². The second-order valence-electron chi connectivity index (χ2n) is 6.38. The summed E-state index contributed by atoms with van der Waals surface area (Å²) in [6, 6.07) is 15.0. The van der Waals surface area contributed by atoms with Gasteiger partial charge in [-0.15, -0.1) is 0 Å². The van der Waals surface area contributed by atoms with Gasteiger partial charge >= 0.3 is 5.97 Å². The zero-order chi connectivity index (χ0) is 19.7. The molecule has 6 nitrogen and oxygen atoms in total. The molecule has 0 spiro atoms. The van der Waals surface area contributed by atoms with Crippen LogP contribution in [0.15, 0.2) is 61.1 Å². The molecule has 0 atom stereocenters. The van der Waals surface area contributed by atoms with Gasteiger partial charge in [0.15, 0.2) is 0 Å². The molecule has 0 radical (unpaired) electrons. The molecule has 2 aromatic carbocycles. The minimum atomic E-state index is -0.956. The summed E-state index contributed by atoms with van der Waals surface area (Å²) in [7, 11) is 1.58. The van der Waals surface area contributed by atoms with Gasteiger partial charge < -0.3 is 9.84 Å². The average molecular weight is 371 g/mol. The van der Waals surface area contributed by atoms with E-state index in [1.54, 1.807) is 38.4 Å². The van der Waals surface area contributed by atoms with Crippen molar-refractivity contribution >= 4 is 16.9 Å². The first-order valence-electron chi connectivity index (χ1n) is 8.66. The maximum absolute atomic E-state index is 11.5. The average Bonchev–Trinajstić information content (AvgIpc) is 2.73. The first kappa shape index (κ1) is 17.6. The van der Waals surface area contributed by atoms with E-state index in [0.717, 1.165) is 27.6 Å². The predicted octanol–water partition coefficient (Wildman–Crippen LogP) is 4.37. The van der Waals surface area contributed by atoms with Crippen molar-refractivity contribution in [3.63, 3.8) is 0 Å². The maximum atomic E-state index is 11.5. The molecular weight excluding hydrogens is 354 g/mol. The lowest BCUT2D eigenvalue weighted by Crippen LogP contribution is -2.00. The zero-order valence-corrected chi connectivity index (χ0v) is 15.4. The SMILES string of the molecule is COc1ccc(-c2ccc3ncnc(-c4ccc(C)c(C(=O)O)c4)c3c2)cn1. The number of aryl methyl sites for hydroxylation is 1. The van der Waals surface area contributed by atoms with Gasteiger partial charge in [0.25, 0.3) is 0 Å². The highest BCUT2D eigenvalue weighted by Gasteiger charge is 2.13. The van der Waals surface area contributed by atoms with Gasteiger partial charge in [0.05, 0.1) is 23.9 Å². The molecule has 0 unspecified atom stereocenters. The molecule has 1 N–H and O–H groups in total. The molecule has 0 saturated heterocycles. The quantitative estimate of drug-likeness (QED) is 0.573. The fourth-order valence-electron chi connectivity index (χ4n) is 3.14. The summed E-state index contributed by atoms with van der Waals surface area (Å²) in [5.74, 6) is -0.405. The summed E-state index contributed by atoms with van der Waals surface area (Å²) < 4.78 is 5.11. The van der Waals surface area contributed by atoms with E-state index in [9.17, 15) is 9.90 Å². The Balaban J connectivity index is 1.87.